The zero-order chi connectivity index (χ0) is 14.3. The Hall–Kier alpha value is -1.24. The first kappa shape index (κ1) is 16.8. The Kier molecular flexibility index (Phi) is 6.75. The Morgan fingerprint density at radius 3 is 2.22 bits per heavy atom. The number of methoxy groups -OCH3 is 1. The number of ether oxygens (including phenoxy) is 2. The lowest BCUT2D eigenvalue weighted by Crippen LogP contribution is -2.45. The molecule has 0 aromatic carbocycles. The molecule has 7 heteroatoms. The van der Waals surface area contributed by atoms with Gasteiger partial charge in [-0.2, -0.15) is 0 Å². The van der Waals surface area contributed by atoms with Crippen LogP contribution in [0.25, 0.3) is 0 Å². The number of carbonyl (C=O) groups excluding carboxylic acids is 3. The van der Waals surface area contributed by atoms with Crippen LogP contribution >= 0.6 is 11.8 Å². The van der Waals surface area contributed by atoms with Crippen LogP contribution < -0.4 is 5.32 Å². The first-order chi connectivity index (χ1) is 8.15. The van der Waals surface area contributed by atoms with Crippen molar-refractivity contribution in [1.29, 1.82) is 0 Å². The predicted molar refractivity (Wildman–Crippen MR) is 68.3 cm³/mol. The Balaban J connectivity index is 4.45. The van der Waals surface area contributed by atoms with Crippen molar-refractivity contribution in [2.75, 3.05) is 12.9 Å². The molecule has 0 aliphatic heterocycles. The summed E-state index contributed by atoms with van der Waals surface area (Å²) in [7, 11) is 1.21. The summed E-state index contributed by atoms with van der Waals surface area (Å²) < 4.78 is 9.56. The molecule has 104 valence electrons. The maximum atomic E-state index is 11.5. The molecule has 0 aliphatic carbocycles. The Bertz CT molecular complexity index is 324. The minimum Gasteiger partial charge on any atom is -0.467 e. The zero-order valence-corrected chi connectivity index (χ0v) is 12.1. The summed E-state index contributed by atoms with van der Waals surface area (Å²) in [6, 6.07) is -0.904. The molecule has 0 radical (unpaired) electrons. The minimum atomic E-state index is -0.904. The molecule has 0 rings (SSSR count). The molecule has 18 heavy (non-hydrogen) atoms. The van der Waals surface area contributed by atoms with E-state index in [1.807, 2.05) is 0 Å². The van der Waals surface area contributed by atoms with Crippen LogP contribution in [-0.2, 0) is 19.1 Å². The average molecular weight is 277 g/mol. The molecule has 0 fully saturated rings. The zero-order valence-electron chi connectivity index (χ0n) is 11.2. The lowest BCUT2D eigenvalue weighted by Gasteiger charge is -2.22. The second-order valence-corrected chi connectivity index (χ2v) is 5.72. The summed E-state index contributed by atoms with van der Waals surface area (Å²) in [6.07, 6.45) is -0.720. The topological polar surface area (TPSA) is 81.7 Å². The van der Waals surface area contributed by atoms with E-state index in [0.717, 1.165) is 11.8 Å². The first-order valence-corrected chi connectivity index (χ1v) is 6.35. The van der Waals surface area contributed by atoms with Gasteiger partial charge in [-0.05, 0) is 20.8 Å². The third-order valence-corrected chi connectivity index (χ3v) is 2.54. The number of carbonyl (C=O) groups is 3. The minimum absolute atomic E-state index is 0.112. The molecule has 0 aromatic heterocycles. The third-order valence-electron chi connectivity index (χ3n) is 1.63. The average Bonchev–Trinajstić information content (AvgIpc) is 2.20. The molecule has 0 aliphatic rings. The molecular weight excluding hydrogens is 258 g/mol. The maximum absolute atomic E-state index is 11.5. The van der Waals surface area contributed by atoms with Gasteiger partial charge in [0.05, 0.1) is 7.11 Å². The van der Waals surface area contributed by atoms with Gasteiger partial charge in [-0.1, -0.05) is 11.8 Å². The van der Waals surface area contributed by atoms with Crippen molar-refractivity contribution >= 4 is 28.9 Å². The lowest BCUT2D eigenvalue weighted by molar-refractivity contribution is -0.142. The van der Waals surface area contributed by atoms with Crippen molar-refractivity contribution in [2.45, 2.75) is 39.3 Å². The van der Waals surface area contributed by atoms with E-state index in [9.17, 15) is 14.4 Å². The van der Waals surface area contributed by atoms with E-state index in [0.29, 0.717) is 0 Å². The van der Waals surface area contributed by atoms with Gasteiger partial charge in [-0.15, -0.1) is 0 Å². The highest BCUT2D eigenvalue weighted by atomic mass is 32.2. The van der Waals surface area contributed by atoms with Crippen LogP contribution in [0.15, 0.2) is 0 Å². The van der Waals surface area contributed by atoms with Gasteiger partial charge in [0.2, 0.25) is 0 Å². The molecule has 1 amide bonds. The number of amides is 1. The molecule has 1 atom stereocenters. The maximum Gasteiger partial charge on any atom is 0.408 e. The van der Waals surface area contributed by atoms with Gasteiger partial charge in [-0.3, -0.25) is 4.79 Å². The predicted octanol–water partition coefficient (Wildman–Crippen LogP) is 1.33. The van der Waals surface area contributed by atoms with Crippen LogP contribution in [0, 0.1) is 0 Å². The van der Waals surface area contributed by atoms with Crippen molar-refractivity contribution in [3.8, 4) is 0 Å². The lowest BCUT2D eigenvalue weighted by atomic mass is 10.2. The molecule has 0 saturated carbocycles. The summed E-state index contributed by atoms with van der Waals surface area (Å²) in [4.78, 5) is 33.7. The largest absolute Gasteiger partial charge is 0.467 e. The van der Waals surface area contributed by atoms with Crippen molar-refractivity contribution in [2.24, 2.45) is 0 Å². The summed E-state index contributed by atoms with van der Waals surface area (Å²) in [5.41, 5.74) is -0.654. The number of alkyl carbamates (subject to hydrolysis) is 1. The van der Waals surface area contributed by atoms with Gasteiger partial charge in [0, 0.05) is 12.7 Å². The normalized spacial score (nSPS) is 12.5. The van der Waals surface area contributed by atoms with E-state index >= 15 is 0 Å². The van der Waals surface area contributed by atoms with E-state index in [2.05, 4.69) is 10.1 Å². The third kappa shape index (κ3) is 7.94. The number of esters is 1. The molecule has 0 heterocycles. The van der Waals surface area contributed by atoms with Gasteiger partial charge in [0.15, 0.2) is 5.12 Å². The fourth-order valence-electron chi connectivity index (χ4n) is 0.961. The number of hydrogen-bond donors (Lipinski definition) is 1. The van der Waals surface area contributed by atoms with E-state index in [-0.39, 0.29) is 10.9 Å². The smallest absolute Gasteiger partial charge is 0.408 e. The van der Waals surface area contributed by atoms with Crippen LogP contribution in [0.2, 0.25) is 0 Å². The molecule has 0 aromatic rings. The van der Waals surface area contributed by atoms with Crippen LogP contribution in [0.1, 0.15) is 27.7 Å². The first-order valence-electron chi connectivity index (χ1n) is 5.36. The molecule has 0 bridgehead atoms. The Morgan fingerprint density at radius 2 is 1.83 bits per heavy atom. The summed E-state index contributed by atoms with van der Waals surface area (Å²) in [6.45, 7) is 6.52. The molecular formula is C11H19NO5S. The van der Waals surface area contributed by atoms with Gasteiger partial charge in [0.25, 0.3) is 0 Å². The highest BCUT2D eigenvalue weighted by Crippen LogP contribution is 2.09. The van der Waals surface area contributed by atoms with Crippen molar-refractivity contribution in [3.63, 3.8) is 0 Å². The van der Waals surface area contributed by atoms with E-state index in [1.165, 1.54) is 14.0 Å². The molecule has 0 spiro atoms. The second-order valence-electron chi connectivity index (χ2n) is 4.52. The Labute approximate surface area is 111 Å². The summed E-state index contributed by atoms with van der Waals surface area (Å²) in [5.74, 6) is -0.504. The quantitative estimate of drug-likeness (QED) is 0.781. The summed E-state index contributed by atoms with van der Waals surface area (Å²) >= 11 is 0.933. The molecule has 1 N–H and O–H groups in total. The Morgan fingerprint density at radius 1 is 1.28 bits per heavy atom. The fourth-order valence-corrected chi connectivity index (χ4v) is 1.58. The van der Waals surface area contributed by atoms with E-state index < -0.39 is 23.7 Å². The van der Waals surface area contributed by atoms with Gasteiger partial charge >= 0.3 is 12.1 Å². The number of rotatable bonds is 4. The van der Waals surface area contributed by atoms with Crippen molar-refractivity contribution in [3.05, 3.63) is 0 Å². The van der Waals surface area contributed by atoms with Crippen molar-refractivity contribution < 1.29 is 23.9 Å². The number of nitrogens with one attached hydrogen (secondary N) is 1. The SMILES string of the molecule is COC(=O)[C@@H](CSC(C)=O)NC(=O)OC(C)(C)C. The van der Waals surface area contributed by atoms with Crippen LogP contribution in [0.5, 0.6) is 0 Å². The van der Waals surface area contributed by atoms with E-state index in [4.69, 9.17) is 4.74 Å². The molecule has 0 saturated heterocycles. The van der Waals surface area contributed by atoms with Crippen LogP contribution in [0.3, 0.4) is 0 Å². The highest BCUT2D eigenvalue weighted by molar-refractivity contribution is 8.13. The van der Waals surface area contributed by atoms with E-state index in [1.54, 1.807) is 20.8 Å². The number of hydrogen-bond acceptors (Lipinski definition) is 6. The highest BCUT2D eigenvalue weighted by Gasteiger charge is 2.25. The second kappa shape index (κ2) is 7.25. The standard InChI is InChI=1S/C11H19NO5S/c1-7(13)18-6-8(9(14)16-5)12-10(15)17-11(2,3)4/h8H,6H2,1-5H3,(H,12,15)/t8-/m1/s1. The molecule has 0 unspecified atom stereocenters. The van der Waals surface area contributed by atoms with Crippen molar-refractivity contribution in [1.82, 2.24) is 5.32 Å². The van der Waals surface area contributed by atoms with Crippen LogP contribution in [0.4, 0.5) is 4.79 Å². The fraction of sp³-hybridized carbons (Fsp3) is 0.727. The number of thioether (sulfide) groups is 1. The van der Waals surface area contributed by atoms with Gasteiger partial charge in [0.1, 0.15) is 11.6 Å². The summed E-state index contributed by atoms with van der Waals surface area (Å²) in [5, 5.41) is 2.23. The van der Waals surface area contributed by atoms with Gasteiger partial charge < -0.3 is 14.8 Å². The monoisotopic (exact) mass is 277 g/mol. The van der Waals surface area contributed by atoms with Crippen LogP contribution in [-0.4, -0.2) is 41.7 Å². The van der Waals surface area contributed by atoms with Gasteiger partial charge in [-0.25, -0.2) is 9.59 Å². The molecule has 6 nitrogen and oxygen atoms in total.